The van der Waals surface area contributed by atoms with E-state index >= 15 is 0 Å². The lowest BCUT2D eigenvalue weighted by Crippen LogP contribution is -2.40. The number of aromatic nitrogens is 4. The maximum absolute atomic E-state index is 13.6. The van der Waals surface area contributed by atoms with Crippen LogP contribution in [0.4, 0.5) is 10.6 Å². The van der Waals surface area contributed by atoms with Crippen molar-refractivity contribution in [3.8, 4) is 33.0 Å². The van der Waals surface area contributed by atoms with Crippen LogP contribution in [0.2, 0.25) is 0 Å². The Hall–Kier alpha value is -4.98. The van der Waals surface area contributed by atoms with E-state index in [9.17, 15) is 19.5 Å². The molecule has 4 N–H and O–H groups in total. The molecule has 0 bridgehead atoms. The molecule has 1 fully saturated rings. The van der Waals surface area contributed by atoms with Gasteiger partial charge in [-0.25, -0.2) is 24.5 Å². The number of hydrogen-bond acceptors (Lipinski definition) is 9. The van der Waals surface area contributed by atoms with E-state index in [1.807, 2.05) is 47.2 Å². The fraction of sp³-hybridized carbons (Fsp3) is 0.314. The largest absolute Gasteiger partial charge is 0.477 e. The Morgan fingerprint density at radius 2 is 1.88 bits per heavy atom. The van der Waals surface area contributed by atoms with Gasteiger partial charge in [-0.05, 0) is 45.0 Å². The Morgan fingerprint density at radius 3 is 2.65 bits per heavy atom. The SMILES string of the molecule is CCNCCN1CCC[C@H](n2cc(C(=O)O)c(=O)c3cc(-c4cnc(NC(=O)NCC)cc4-c4nc(-c5ccccc5)cs4)cnc32)C1. The van der Waals surface area contributed by atoms with Crippen LogP contribution in [0.3, 0.4) is 0 Å². The minimum Gasteiger partial charge on any atom is -0.477 e. The minimum absolute atomic E-state index is 0.0384. The number of piperidine rings is 1. The number of fused-ring (bicyclic) bond motifs is 1. The van der Waals surface area contributed by atoms with Gasteiger partial charge in [-0.15, -0.1) is 11.3 Å². The highest BCUT2D eigenvalue weighted by Crippen LogP contribution is 2.37. The lowest BCUT2D eigenvalue weighted by Gasteiger charge is -2.34. The van der Waals surface area contributed by atoms with Crippen LogP contribution < -0.4 is 21.4 Å². The fourth-order valence-electron chi connectivity index (χ4n) is 6.08. The van der Waals surface area contributed by atoms with Crippen LogP contribution >= 0.6 is 11.3 Å². The van der Waals surface area contributed by atoms with Crippen molar-refractivity contribution in [1.82, 2.24) is 35.1 Å². The normalized spacial score (nSPS) is 15.0. The first kappa shape index (κ1) is 32.9. The predicted molar refractivity (Wildman–Crippen MR) is 189 cm³/mol. The number of hydrogen-bond donors (Lipinski definition) is 4. The quantitative estimate of drug-likeness (QED) is 0.137. The van der Waals surface area contributed by atoms with Gasteiger partial charge < -0.3 is 25.2 Å². The van der Waals surface area contributed by atoms with Gasteiger partial charge >= 0.3 is 12.0 Å². The Balaban J connectivity index is 1.45. The third-order valence-corrected chi connectivity index (χ3v) is 9.30. The summed E-state index contributed by atoms with van der Waals surface area (Å²) in [7, 11) is 0. The number of rotatable bonds is 11. The van der Waals surface area contributed by atoms with E-state index in [1.165, 1.54) is 17.5 Å². The Kier molecular flexibility index (Phi) is 10.2. The number of nitrogens with one attached hydrogen (secondary N) is 3. The van der Waals surface area contributed by atoms with Gasteiger partial charge in [-0.1, -0.05) is 37.3 Å². The van der Waals surface area contributed by atoms with Crippen LogP contribution in [0.25, 0.3) is 44.0 Å². The summed E-state index contributed by atoms with van der Waals surface area (Å²) >= 11 is 1.45. The van der Waals surface area contributed by atoms with E-state index in [-0.39, 0.29) is 23.0 Å². The van der Waals surface area contributed by atoms with Crippen LogP contribution in [0.1, 0.15) is 43.1 Å². The second-order valence-corrected chi connectivity index (χ2v) is 12.5. The molecule has 48 heavy (non-hydrogen) atoms. The molecule has 1 aliphatic heterocycles. The number of carboxylic acid groups (broad SMARTS) is 1. The van der Waals surface area contributed by atoms with E-state index in [0.29, 0.717) is 39.7 Å². The molecular formula is C35H38N8O4S. The first-order valence-corrected chi connectivity index (χ1v) is 17.0. The molecule has 2 amide bonds. The molecular weight excluding hydrogens is 629 g/mol. The van der Waals surface area contributed by atoms with E-state index in [2.05, 4.69) is 32.8 Å². The second-order valence-electron chi connectivity index (χ2n) is 11.6. The van der Waals surface area contributed by atoms with Crippen LogP contribution in [0.15, 0.2) is 71.2 Å². The summed E-state index contributed by atoms with van der Waals surface area (Å²) in [4.78, 5) is 54.9. The molecule has 0 radical (unpaired) electrons. The molecule has 0 unspecified atom stereocenters. The van der Waals surface area contributed by atoms with Crippen LogP contribution in [0, 0.1) is 0 Å². The summed E-state index contributed by atoms with van der Waals surface area (Å²) in [5.74, 6) is -0.948. The number of benzene rings is 1. The average molecular weight is 667 g/mol. The first-order valence-electron chi connectivity index (χ1n) is 16.1. The van der Waals surface area contributed by atoms with Gasteiger partial charge in [0.2, 0.25) is 5.43 Å². The topological polar surface area (TPSA) is 154 Å². The maximum Gasteiger partial charge on any atom is 0.341 e. The fourth-order valence-corrected chi connectivity index (χ4v) is 6.94. The molecule has 1 saturated heterocycles. The van der Waals surface area contributed by atoms with Crippen LogP contribution in [0.5, 0.6) is 0 Å². The smallest absolute Gasteiger partial charge is 0.341 e. The van der Waals surface area contributed by atoms with E-state index in [0.717, 1.165) is 56.8 Å². The summed E-state index contributed by atoms with van der Waals surface area (Å²) < 4.78 is 1.87. The number of likely N-dealkylation sites (tertiary alicyclic amines) is 1. The first-order chi connectivity index (χ1) is 23.4. The predicted octanol–water partition coefficient (Wildman–Crippen LogP) is 5.34. The zero-order valence-electron chi connectivity index (χ0n) is 26.9. The molecule has 6 rings (SSSR count). The highest BCUT2D eigenvalue weighted by atomic mass is 32.1. The average Bonchev–Trinajstić information content (AvgIpc) is 3.60. The monoisotopic (exact) mass is 666 g/mol. The van der Waals surface area contributed by atoms with Crippen molar-refractivity contribution in [3.05, 3.63) is 82.2 Å². The van der Waals surface area contributed by atoms with Crippen molar-refractivity contribution in [3.63, 3.8) is 0 Å². The van der Waals surface area contributed by atoms with Crippen molar-refractivity contribution in [2.75, 3.05) is 44.6 Å². The summed E-state index contributed by atoms with van der Waals surface area (Å²) in [6.07, 6.45) is 6.56. The number of carbonyl (C=O) groups excluding carboxylic acids is 1. The van der Waals surface area contributed by atoms with Crippen molar-refractivity contribution in [2.45, 2.75) is 32.7 Å². The number of anilines is 1. The highest BCUT2D eigenvalue weighted by molar-refractivity contribution is 7.13. The van der Waals surface area contributed by atoms with Gasteiger partial charge in [0.1, 0.15) is 22.0 Å². The molecule has 1 aromatic carbocycles. The maximum atomic E-state index is 13.6. The standard InChI is InChI=1S/C35H38N8O4S/c1-3-36-12-14-42-13-8-11-24(19-42)43-20-28(34(45)46)31(44)26-15-23(17-39-32(26)43)27-18-38-30(41-35(47)37-4-2)16-25(27)33-40-29(21-48-33)22-9-6-5-7-10-22/h5-7,9-10,15-18,20-21,24,36H,3-4,8,11-14,19H2,1-2H3,(H,45,46)(H2,37,38,41,47)/t24-/m0/s1. The number of urea groups is 1. The van der Waals surface area contributed by atoms with Crippen molar-refractivity contribution >= 4 is 40.2 Å². The number of pyridine rings is 3. The molecule has 5 heterocycles. The number of nitrogens with zero attached hydrogens (tertiary/aromatic N) is 5. The van der Waals surface area contributed by atoms with Crippen molar-refractivity contribution < 1.29 is 14.7 Å². The second kappa shape index (κ2) is 14.8. The summed E-state index contributed by atoms with van der Waals surface area (Å²) in [6, 6.07) is 12.8. The lowest BCUT2D eigenvalue weighted by atomic mass is 10.0. The van der Waals surface area contributed by atoms with E-state index in [4.69, 9.17) is 9.97 Å². The number of thiazole rings is 1. The van der Waals surface area contributed by atoms with Gasteiger partial charge in [-0.2, -0.15) is 0 Å². The van der Waals surface area contributed by atoms with Gasteiger partial charge in [-0.3, -0.25) is 10.1 Å². The minimum atomic E-state index is -1.28. The molecule has 0 spiro atoms. The van der Waals surface area contributed by atoms with Crippen molar-refractivity contribution in [1.29, 1.82) is 0 Å². The Bertz CT molecular complexity index is 1990. The van der Waals surface area contributed by atoms with E-state index < -0.39 is 11.4 Å². The third kappa shape index (κ3) is 7.13. The van der Waals surface area contributed by atoms with Gasteiger partial charge in [0.25, 0.3) is 0 Å². The number of amides is 2. The molecule has 248 valence electrons. The third-order valence-electron chi connectivity index (χ3n) is 8.43. The van der Waals surface area contributed by atoms with Crippen molar-refractivity contribution in [2.24, 2.45) is 0 Å². The number of aromatic carboxylic acids is 1. The zero-order valence-corrected chi connectivity index (χ0v) is 27.7. The molecule has 1 atom stereocenters. The Morgan fingerprint density at radius 1 is 1.04 bits per heavy atom. The molecule has 13 heteroatoms. The number of carboxylic acids is 1. The Labute approximate surface area is 281 Å². The molecule has 4 aromatic heterocycles. The highest BCUT2D eigenvalue weighted by Gasteiger charge is 2.26. The molecule has 5 aromatic rings. The number of carbonyl (C=O) groups is 2. The molecule has 1 aliphatic rings. The zero-order chi connectivity index (χ0) is 33.6. The van der Waals surface area contributed by atoms with E-state index in [1.54, 1.807) is 24.5 Å². The summed E-state index contributed by atoms with van der Waals surface area (Å²) in [5.41, 5.74) is 3.22. The van der Waals surface area contributed by atoms with Gasteiger partial charge in [0.05, 0.1) is 11.1 Å². The summed E-state index contributed by atoms with van der Waals surface area (Å²) in [5, 5.41) is 21.8. The van der Waals surface area contributed by atoms with Crippen LogP contribution in [-0.4, -0.2) is 80.8 Å². The van der Waals surface area contributed by atoms with Crippen LogP contribution in [-0.2, 0) is 0 Å². The number of likely N-dealkylation sites (N-methyl/N-ethyl adjacent to an activating group) is 1. The van der Waals surface area contributed by atoms with Gasteiger partial charge in [0.15, 0.2) is 0 Å². The molecule has 0 saturated carbocycles. The molecule has 12 nitrogen and oxygen atoms in total. The van der Waals surface area contributed by atoms with Gasteiger partial charge in [0, 0.05) is 78.4 Å². The summed E-state index contributed by atoms with van der Waals surface area (Å²) in [6.45, 7) is 8.71. The lowest BCUT2D eigenvalue weighted by molar-refractivity contribution is 0.0694. The molecule has 0 aliphatic carbocycles.